The molecule has 0 aliphatic carbocycles. The van der Waals surface area contributed by atoms with E-state index in [2.05, 4.69) is 5.32 Å². The second-order valence-electron chi connectivity index (χ2n) is 8.48. The van der Waals surface area contributed by atoms with Crippen molar-refractivity contribution in [1.82, 2.24) is 0 Å². The molecule has 2 atom stereocenters. The van der Waals surface area contributed by atoms with Gasteiger partial charge < -0.3 is 20.7 Å². The molecule has 0 spiro atoms. The molecule has 1 saturated heterocycles. The Kier molecular flexibility index (Phi) is 6.82. The summed E-state index contributed by atoms with van der Waals surface area (Å²) in [6, 6.07) is 17.5. The Hall–Kier alpha value is -4.20. The van der Waals surface area contributed by atoms with Crippen molar-refractivity contribution in [2.75, 3.05) is 17.3 Å². The molecule has 8 heteroatoms. The zero-order chi connectivity index (χ0) is 25.1. The summed E-state index contributed by atoms with van der Waals surface area (Å²) in [5.74, 6) is -2.23. The third kappa shape index (κ3) is 4.87. The average Bonchev–Trinajstić information content (AvgIpc) is 2.85. The van der Waals surface area contributed by atoms with Crippen LogP contribution in [0.15, 0.2) is 66.7 Å². The van der Waals surface area contributed by atoms with Crippen molar-refractivity contribution in [3.63, 3.8) is 0 Å². The SMILES string of the molecule is COc1ccccc1C1C(C(=O)Nc2cc(C(N)=O)ccc2F)CCC(=O)N1c1ccc(C)cc1. The molecule has 1 aliphatic heterocycles. The highest BCUT2D eigenvalue weighted by atomic mass is 19.1. The summed E-state index contributed by atoms with van der Waals surface area (Å²) in [5, 5.41) is 2.61. The number of carbonyl (C=O) groups excluding carboxylic acids is 3. The van der Waals surface area contributed by atoms with E-state index in [1.807, 2.05) is 49.4 Å². The smallest absolute Gasteiger partial charge is 0.248 e. The Morgan fingerprint density at radius 2 is 1.80 bits per heavy atom. The van der Waals surface area contributed by atoms with E-state index >= 15 is 0 Å². The van der Waals surface area contributed by atoms with Crippen molar-refractivity contribution in [2.24, 2.45) is 11.7 Å². The van der Waals surface area contributed by atoms with E-state index in [9.17, 15) is 18.8 Å². The van der Waals surface area contributed by atoms with Crippen molar-refractivity contribution in [3.05, 3.63) is 89.2 Å². The van der Waals surface area contributed by atoms with Crippen LogP contribution in [0.2, 0.25) is 0 Å². The lowest BCUT2D eigenvalue weighted by Crippen LogP contribution is -2.47. The molecule has 3 amide bonds. The van der Waals surface area contributed by atoms with Gasteiger partial charge in [0.05, 0.1) is 24.8 Å². The third-order valence-corrected chi connectivity index (χ3v) is 6.21. The highest BCUT2D eigenvalue weighted by molar-refractivity contribution is 6.01. The number of primary amides is 1. The maximum Gasteiger partial charge on any atom is 0.248 e. The van der Waals surface area contributed by atoms with Crippen LogP contribution >= 0.6 is 0 Å². The number of amides is 3. The predicted molar refractivity (Wildman–Crippen MR) is 131 cm³/mol. The largest absolute Gasteiger partial charge is 0.496 e. The van der Waals surface area contributed by atoms with E-state index in [-0.39, 0.29) is 30.0 Å². The Labute approximate surface area is 202 Å². The quantitative estimate of drug-likeness (QED) is 0.553. The first kappa shape index (κ1) is 23.9. The van der Waals surface area contributed by atoms with Crippen LogP contribution in [0, 0.1) is 18.7 Å². The number of hydrogen-bond acceptors (Lipinski definition) is 4. The molecule has 1 fully saturated rings. The van der Waals surface area contributed by atoms with Crippen LogP contribution in [-0.4, -0.2) is 24.8 Å². The number of rotatable bonds is 6. The number of para-hydroxylation sites is 1. The zero-order valence-corrected chi connectivity index (χ0v) is 19.5. The molecule has 3 aromatic rings. The van der Waals surface area contributed by atoms with Gasteiger partial charge in [0, 0.05) is 23.2 Å². The predicted octanol–water partition coefficient (Wildman–Crippen LogP) is 4.36. The van der Waals surface area contributed by atoms with Gasteiger partial charge in [-0.15, -0.1) is 0 Å². The fraction of sp³-hybridized carbons (Fsp3) is 0.222. The van der Waals surface area contributed by atoms with E-state index in [4.69, 9.17) is 10.5 Å². The Balaban J connectivity index is 1.78. The number of nitrogens with two attached hydrogens (primary N) is 1. The molecular formula is C27H26FN3O4. The van der Waals surface area contributed by atoms with Gasteiger partial charge in [-0.05, 0) is 49.7 Å². The maximum atomic E-state index is 14.5. The summed E-state index contributed by atoms with van der Waals surface area (Å²) in [6.45, 7) is 1.95. The molecule has 1 heterocycles. The van der Waals surface area contributed by atoms with Crippen molar-refractivity contribution in [2.45, 2.75) is 25.8 Å². The molecule has 2 unspecified atom stereocenters. The minimum atomic E-state index is -0.735. The number of halogens is 1. The summed E-state index contributed by atoms with van der Waals surface area (Å²) in [4.78, 5) is 39.9. The van der Waals surface area contributed by atoms with Crippen molar-refractivity contribution < 1.29 is 23.5 Å². The van der Waals surface area contributed by atoms with Gasteiger partial charge >= 0.3 is 0 Å². The number of aryl methyl sites for hydroxylation is 1. The van der Waals surface area contributed by atoms with Crippen LogP contribution < -0.4 is 20.7 Å². The van der Waals surface area contributed by atoms with E-state index in [1.54, 1.807) is 11.0 Å². The lowest BCUT2D eigenvalue weighted by atomic mass is 9.82. The lowest BCUT2D eigenvalue weighted by Gasteiger charge is -2.41. The Morgan fingerprint density at radius 3 is 2.49 bits per heavy atom. The monoisotopic (exact) mass is 475 g/mol. The zero-order valence-electron chi connectivity index (χ0n) is 19.5. The molecule has 3 aromatic carbocycles. The molecule has 0 aromatic heterocycles. The van der Waals surface area contributed by atoms with E-state index in [0.717, 1.165) is 11.6 Å². The summed E-state index contributed by atoms with van der Waals surface area (Å²) in [7, 11) is 1.53. The number of nitrogens with zero attached hydrogens (tertiary/aromatic N) is 1. The van der Waals surface area contributed by atoms with Gasteiger partial charge in [-0.25, -0.2) is 4.39 Å². The lowest BCUT2D eigenvalue weighted by molar-refractivity contribution is -0.126. The van der Waals surface area contributed by atoms with Gasteiger partial charge in [-0.3, -0.25) is 14.4 Å². The number of ether oxygens (including phenoxy) is 1. The normalized spacial score (nSPS) is 17.7. The highest BCUT2D eigenvalue weighted by Crippen LogP contribution is 2.43. The molecule has 0 radical (unpaired) electrons. The summed E-state index contributed by atoms with van der Waals surface area (Å²) in [6.07, 6.45) is 0.397. The summed E-state index contributed by atoms with van der Waals surface area (Å²) < 4.78 is 20.1. The van der Waals surface area contributed by atoms with E-state index < -0.39 is 29.6 Å². The summed E-state index contributed by atoms with van der Waals surface area (Å²) in [5.41, 5.74) is 7.58. The third-order valence-electron chi connectivity index (χ3n) is 6.21. The van der Waals surface area contributed by atoms with Gasteiger partial charge in [0.15, 0.2) is 0 Å². The molecular weight excluding hydrogens is 449 g/mol. The molecule has 7 nitrogen and oxygen atoms in total. The fourth-order valence-electron chi connectivity index (χ4n) is 4.44. The second-order valence-corrected chi connectivity index (χ2v) is 8.48. The van der Waals surface area contributed by atoms with Crippen LogP contribution in [0.1, 0.15) is 40.4 Å². The Morgan fingerprint density at radius 1 is 1.09 bits per heavy atom. The minimum Gasteiger partial charge on any atom is -0.496 e. The fourth-order valence-corrected chi connectivity index (χ4v) is 4.44. The number of benzene rings is 3. The molecule has 0 saturated carbocycles. The van der Waals surface area contributed by atoms with Gasteiger partial charge in [0.2, 0.25) is 17.7 Å². The van der Waals surface area contributed by atoms with Crippen molar-refractivity contribution in [1.29, 1.82) is 0 Å². The number of anilines is 2. The minimum absolute atomic E-state index is 0.0723. The molecule has 35 heavy (non-hydrogen) atoms. The standard InChI is InChI=1S/C27H26FN3O4/c1-16-7-10-18(11-8-16)31-24(32)14-12-20(25(31)19-5-3-4-6-23(19)35-2)27(34)30-22-15-17(26(29)33)9-13-21(22)28/h3-11,13,15,20,25H,12,14H2,1-2H3,(H2,29,33)(H,30,34). The highest BCUT2D eigenvalue weighted by Gasteiger charge is 2.42. The molecule has 180 valence electrons. The maximum absolute atomic E-state index is 14.5. The molecule has 1 aliphatic rings. The summed E-state index contributed by atoms with van der Waals surface area (Å²) >= 11 is 0. The van der Waals surface area contributed by atoms with Crippen molar-refractivity contribution >= 4 is 29.1 Å². The molecule has 4 rings (SSSR count). The van der Waals surface area contributed by atoms with Crippen LogP contribution in [0.5, 0.6) is 5.75 Å². The van der Waals surface area contributed by atoms with E-state index in [1.165, 1.54) is 19.2 Å². The number of piperidine rings is 1. The van der Waals surface area contributed by atoms with Crippen LogP contribution in [0.3, 0.4) is 0 Å². The number of hydrogen-bond donors (Lipinski definition) is 2. The van der Waals surface area contributed by atoms with Gasteiger partial charge in [0.1, 0.15) is 11.6 Å². The topological polar surface area (TPSA) is 102 Å². The molecule has 0 bridgehead atoms. The number of carbonyl (C=O) groups is 3. The first-order valence-corrected chi connectivity index (χ1v) is 11.2. The van der Waals surface area contributed by atoms with Crippen molar-refractivity contribution in [3.8, 4) is 5.75 Å². The number of nitrogens with one attached hydrogen (secondary N) is 1. The number of methoxy groups -OCH3 is 1. The van der Waals surface area contributed by atoms with Gasteiger partial charge in [-0.1, -0.05) is 35.9 Å². The Bertz CT molecular complexity index is 1280. The first-order valence-electron chi connectivity index (χ1n) is 11.2. The van der Waals surface area contributed by atoms with Gasteiger partial charge in [0.25, 0.3) is 0 Å². The second kappa shape index (κ2) is 9.97. The van der Waals surface area contributed by atoms with Crippen LogP contribution in [0.25, 0.3) is 0 Å². The van der Waals surface area contributed by atoms with Gasteiger partial charge in [-0.2, -0.15) is 0 Å². The van der Waals surface area contributed by atoms with Crippen LogP contribution in [0.4, 0.5) is 15.8 Å². The van der Waals surface area contributed by atoms with Crippen LogP contribution in [-0.2, 0) is 9.59 Å². The first-order chi connectivity index (χ1) is 16.8. The molecule has 3 N–H and O–H groups in total. The van der Waals surface area contributed by atoms with E-state index in [0.29, 0.717) is 17.0 Å². The average molecular weight is 476 g/mol.